The lowest BCUT2D eigenvalue weighted by molar-refractivity contribution is 0.251. The highest BCUT2D eigenvalue weighted by molar-refractivity contribution is 7.89. The van der Waals surface area contributed by atoms with Crippen LogP contribution in [0.1, 0.15) is 19.8 Å². The maximum atomic E-state index is 12.9. The Morgan fingerprint density at radius 2 is 1.71 bits per heavy atom. The second-order valence-corrected chi connectivity index (χ2v) is 8.59. The summed E-state index contributed by atoms with van der Waals surface area (Å²) in [6, 6.07) is 4.95. The minimum atomic E-state index is -3.56. The molecule has 0 radical (unpaired) electrons. The van der Waals surface area contributed by atoms with E-state index in [-0.39, 0.29) is 16.6 Å². The van der Waals surface area contributed by atoms with Gasteiger partial charge in [-0.05, 0) is 43.9 Å². The summed E-state index contributed by atoms with van der Waals surface area (Å²) in [5.41, 5.74) is 7.10. The van der Waals surface area contributed by atoms with Crippen molar-refractivity contribution in [3.05, 3.63) is 28.7 Å². The van der Waals surface area contributed by atoms with E-state index < -0.39 is 10.0 Å². The van der Waals surface area contributed by atoms with Crippen LogP contribution in [0.5, 0.6) is 0 Å². The quantitative estimate of drug-likeness (QED) is 0.877. The third-order valence-corrected chi connectivity index (χ3v) is 7.02. The molecule has 2 heterocycles. The first-order valence-corrected chi connectivity index (χ1v) is 9.58. The number of imidazole rings is 1. The lowest BCUT2D eigenvalue weighted by Gasteiger charge is -2.32. The molecule has 0 amide bonds. The van der Waals surface area contributed by atoms with Crippen LogP contribution in [0.2, 0.25) is 0 Å². The average molecular weight is 352 g/mol. The Hall–Kier alpha value is -1.64. The van der Waals surface area contributed by atoms with E-state index in [1.807, 2.05) is 6.92 Å². The molecule has 132 valence electrons. The molecule has 1 aliphatic rings. The highest BCUT2D eigenvalue weighted by atomic mass is 32.2. The summed E-state index contributed by atoms with van der Waals surface area (Å²) in [6.07, 6.45) is 1.56. The van der Waals surface area contributed by atoms with E-state index >= 15 is 0 Å². The van der Waals surface area contributed by atoms with Crippen LogP contribution in [0.4, 0.5) is 0 Å². The fourth-order valence-corrected chi connectivity index (χ4v) is 4.93. The van der Waals surface area contributed by atoms with E-state index in [0.29, 0.717) is 24.5 Å². The van der Waals surface area contributed by atoms with Gasteiger partial charge in [-0.2, -0.15) is 4.31 Å². The zero-order valence-corrected chi connectivity index (χ0v) is 15.1. The topological polar surface area (TPSA) is 90.3 Å². The van der Waals surface area contributed by atoms with Gasteiger partial charge in [0, 0.05) is 33.2 Å². The number of fused-ring (bicyclic) bond motifs is 1. The van der Waals surface area contributed by atoms with Gasteiger partial charge in [-0.3, -0.25) is 9.13 Å². The molecule has 1 fully saturated rings. The predicted molar refractivity (Wildman–Crippen MR) is 93.3 cm³/mol. The number of aromatic nitrogens is 2. The molecule has 2 N–H and O–H groups in total. The van der Waals surface area contributed by atoms with Crippen LogP contribution in [0.25, 0.3) is 11.0 Å². The number of hydrogen-bond acceptors (Lipinski definition) is 4. The van der Waals surface area contributed by atoms with Gasteiger partial charge in [0.2, 0.25) is 10.0 Å². The molecule has 0 spiro atoms. The Balaban J connectivity index is 1.95. The van der Waals surface area contributed by atoms with E-state index in [2.05, 4.69) is 0 Å². The lowest BCUT2D eigenvalue weighted by Crippen LogP contribution is -2.42. The van der Waals surface area contributed by atoms with Crippen molar-refractivity contribution in [2.45, 2.75) is 30.7 Å². The van der Waals surface area contributed by atoms with E-state index in [4.69, 9.17) is 5.73 Å². The summed E-state index contributed by atoms with van der Waals surface area (Å²) < 4.78 is 30.3. The number of rotatable bonds is 3. The number of nitrogens with zero attached hydrogens (tertiary/aromatic N) is 3. The largest absolute Gasteiger partial charge is 0.328 e. The van der Waals surface area contributed by atoms with Crippen molar-refractivity contribution in [1.82, 2.24) is 13.4 Å². The Morgan fingerprint density at radius 1 is 1.12 bits per heavy atom. The maximum Gasteiger partial charge on any atom is 0.328 e. The summed E-state index contributed by atoms with van der Waals surface area (Å²) >= 11 is 0. The molecule has 1 atom stereocenters. The minimum Gasteiger partial charge on any atom is -0.328 e. The van der Waals surface area contributed by atoms with Gasteiger partial charge in [0.05, 0.1) is 15.9 Å². The van der Waals surface area contributed by atoms with Crippen molar-refractivity contribution >= 4 is 21.1 Å². The monoisotopic (exact) mass is 352 g/mol. The number of piperidine rings is 1. The van der Waals surface area contributed by atoms with Crippen LogP contribution >= 0.6 is 0 Å². The van der Waals surface area contributed by atoms with Crippen LogP contribution in [0, 0.1) is 5.92 Å². The smallest absolute Gasteiger partial charge is 0.328 e. The number of benzene rings is 1. The Labute approximate surface area is 141 Å². The minimum absolute atomic E-state index is 0.0880. The third kappa shape index (κ3) is 2.68. The summed E-state index contributed by atoms with van der Waals surface area (Å²) in [4.78, 5) is 12.2. The molecule has 0 aliphatic carbocycles. The summed E-state index contributed by atoms with van der Waals surface area (Å²) in [7, 11) is -0.229. The highest BCUT2D eigenvalue weighted by Gasteiger charge is 2.31. The SMILES string of the molecule is CC(N)C1CCN(S(=O)(=O)c2ccc3c(c2)n(C)c(=O)n3C)CC1. The van der Waals surface area contributed by atoms with E-state index in [0.717, 1.165) is 18.4 Å². The zero-order valence-electron chi connectivity index (χ0n) is 14.3. The van der Waals surface area contributed by atoms with Crippen LogP contribution < -0.4 is 11.4 Å². The van der Waals surface area contributed by atoms with Crippen molar-refractivity contribution < 1.29 is 8.42 Å². The molecular weight excluding hydrogens is 328 g/mol. The van der Waals surface area contributed by atoms with Gasteiger partial charge in [0.15, 0.2) is 0 Å². The molecule has 0 saturated carbocycles. The van der Waals surface area contributed by atoms with Crippen molar-refractivity contribution in [1.29, 1.82) is 0 Å². The Bertz CT molecular complexity index is 919. The molecule has 1 aliphatic heterocycles. The predicted octanol–water partition coefficient (Wildman–Crippen LogP) is 0.625. The number of sulfonamides is 1. The number of hydrogen-bond donors (Lipinski definition) is 1. The first-order valence-electron chi connectivity index (χ1n) is 8.14. The van der Waals surface area contributed by atoms with Crippen LogP contribution in [0.15, 0.2) is 27.9 Å². The fourth-order valence-electron chi connectivity index (χ4n) is 3.44. The van der Waals surface area contributed by atoms with Gasteiger partial charge in [-0.25, -0.2) is 13.2 Å². The van der Waals surface area contributed by atoms with E-state index in [1.165, 1.54) is 13.4 Å². The summed E-state index contributed by atoms with van der Waals surface area (Å²) in [6.45, 7) is 2.94. The average Bonchev–Trinajstić information content (AvgIpc) is 2.79. The van der Waals surface area contributed by atoms with E-state index in [9.17, 15) is 13.2 Å². The molecular formula is C16H24N4O3S. The second-order valence-electron chi connectivity index (χ2n) is 6.65. The maximum absolute atomic E-state index is 12.9. The molecule has 1 aromatic carbocycles. The molecule has 24 heavy (non-hydrogen) atoms. The van der Waals surface area contributed by atoms with Crippen LogP contribution in [0.3, 0.4) is 0 Å². The van der Waals surface area contributed by atoms with E-state index in [1.54, 1.807) is 32.3 Å². The van der Waals surface area contributed by atoms with Gasteiger partial charge in [0.25, 0.3) is 0 Å². The highest BCUT2D eigenvalue weighted by Crippen LogP contribution is 2.26. The first kappa shape index (κ1) is 17.2. The number of nitrogens with two attached hydrogens (primary N) is 1. The van der Waals surface area contributed by atoms with Crippen molar-refractivity contribution in [2.75, 3.05) is 13.1 Å². The standard InChI is InChI=1S/C16H24N4O3S/c1-11(17)12-6-8-20(9-7-12)24(22,23)13-4-5-14-15(10-13)19(3)16(21)18(14)2/h4-5,10-12H,6-9,17H2,1-3H3. The van der Waals surface area contributed by atoms with Crippen LogP contribution in [-0.2, 0) is 24.1 Å². The molecule has 8 heteroatoms. The zero-order chi connectivity index (χ0) is 17.6. The molecule has 1 aromatic heterocycles. The molecule has 1 unspecified atom stereocenters. The summed E-state index contributed by atoms with van der Waals surface area (Å²) in [5.74, 6) is 0.369. The molecule has 3 rings (SSSR count). The first-order chi connectivity index (χ1) is 11.2. The molecule has 7 nitrogen and oxygen atoms in total. The van der Waals surface area contributed by atoms with Crippen molar-refractivity contribution in [3.8, 4) is 0 Å². The lowest BCUT2D eigenvalue weighted by atomic mass is 9.92. The second kappa shape index (κ2) is 6.02. The van der Waals surface area contributed by atoms with Gasteiger partial charge in [-0.1, -0.05) is 0 Å². The normalized spacial score (nSPS) is 19.0. The fraction of sp³-hybridized carbons (Fsp3) is 0.562. The van der Waals surface area contributed by atoms with Crippen LogP contribution in [-0.4, -0.2) is 41.0 Å². The van der Waals surface area contributed by atoms with Crippen molar-refractivity contribution in [3.63, 3.8) is 0 Å². The van der Waals surface area contributed by atoms with Gasteiger partial charge < -0.3 is 5.73 Å². The molecule has 2 aromatic rings. The number of aryl methyl sites for hydroxylation is 2. The molecule has 0 bridgehead atoms. The third-order valence-electron chi connectivity index (χ3n) is 5.12. The van der Waals surface area contributed by atoms with Gasteiger partial charge >= 0.3 is 5.69 Å². The van der Waals surface area contributed by atoms with Gasteiger partial charge in [-0.15, -0.1) is 0 Å². The van der Waals surface area contributed by atoms with Crippen molar-refractivity contribution in [2.24, 2.45) is 25.7 Å². The van der Waals surface area contributed by atoms with Gasteiger partial charge in [0.1, 0.15) is 0 Å². The Kier molecular flexibility index (Phi) is 4.31. The Morgan fingerprint density at radius 3 is 2.29 bits per heavy atom. The summed E-state index contributed by atoms with van der Waals surface area (Å²) in [5, 5.41) is 0. The molecule has 1 saturated heterocycles.